The number of carbonyl (C=O) groups excluding carboxylic acids is 1. The number of rotatable bonds is 7. The van der Waals surface area contributed by atoms with E-state index in [1.165, 1.54) is 31.4 Å². The molecule has 0 radical (unpaired) electrons. The summed E-state index contributed by atoms with van der Waals surface area (Å²) in [5.74, 6) is -0.173. The van der Waals surface area contributed by atoms with E-state index in [0.717, 1.165) is 4.31 Å². The molecule has 162 valence electrons. The Morgan fingerprint density at radius 1 is 1.00 bits per heavy atom. The van der Waals surface area contributed by atoms with Crippen LogP contribution in [0.5, 0.6) is 5.75 Å². The number of amides is 1. The molecule has 0 spiro atoms. The van der Waals surface area contributed by atoms with Gasteiger partial charge in [0.15, 0.2) is 0 Å². The number of halogens is 2. The van der Waals surface area contributed by atoms with Gasteiger partial charge in [0.05, 0.1) is 23.4 Å². The smallest absolute Gasteiger partial charge is 0.264 e. The first-order chi connectivity index (χ1) is 14.7. The third-order valence-electron chi connectivity index (χ3n) is 4.49. The fourth-order valence-electron chi connectivity index (χ4n) is 2.97. The molecule has 0 fully saturated rings. The first-order valence-electron chi connectivity index (χ1n) is 9.19. The zero-order valence-corrected chi connectivity index (χ0v) is 19.1. The largest absolute Gasteiger partial charge is 0.495 e. The molecule has 0 aliphatic carbocycles. The van der Waals surface area contributed by atoms with Gasteiger partial charge in [-0.3, -0.25) is 9.10 Å². The lowest BCUT2D eigenvalue weighted by Crippen LogP contribution is -2.38. The van der Waals surface area contributed by atoms with Gasteiger partial charge in [0.1, 0.15) is 12.3 Å². The molecule has 0 saturated carbocycles. The second-order valence-corrected chi connectivity index (χ2v) is 9.38. The van der Waals surface area contributed by atoms with Crippen LogP contribution in [-0.2, 0) is 14.8 Å². The molecule has 3 aromatic carbocycles. The Morgan fingerprint density at radius 3 is 2.32 bits per heavy atom. The summed E-state index contributed by atoms with van der Waals surface area (Å²) in [7, 11) is -2.59. The Kier molecular flexibility index (Phi) is 7.10. The van der Waals surface area contributed by atoms with Crippen LogP contribution in [0.25, 0.3) is 0 Å². The van der Waals surface area contributed by atoms with Crippen molar-refractivity contribution in [1.29, 1.82) is 0 Å². The number of benzene rings is 3. The number of nitrogens with zero attached hydrogens (tertiary/aromatic N) is 1. The minimum absolute atomic E-state index is 0.0579. The predicted octanol–water partition coefficient (Wildman–Crippen LogP) is 5.14. The number of methoxy groups -OCH3 is 1. The Hall–Kier alpha value is -2.74. The van der Waals surface area contributed by atoms with Crippen molar-refractivity contribution in [3.63, 3.8) is 0 Å². The van der Waals surface area contributed by atoms with E-state index in [1.807, 2.05) is 0 Å². The summed E-state index contributed by atoms with van der Waals surface area (Å²) in [6, 6.07) is 17.5. The first-order valence-corrected chi connectivity index (χ1v) is 11.4. The van der Waals surface area contributed by atoms with Crippen molar-refractivity contribution >= 4 is 50.5 Å². The van der Waals surface area contributed by atoms with Crippen LogP contribution >= 0.6 is 23.2 Å². The van der Waals surface area contributed by atoms with Gasteiger partial charge in [0, 0.05) is 10.0 Å². The summed E-state index contributed by atoms with van der Waals surface area (Å²) < 4.78 is 33.1. The minimum atomic E-state index is -4.05. The average Bonchev–Trinajstić information content (AvgIpc) is 2.74. The van der Waals surface area contributed by atoms with Gasteiger partial charge in [-0.25, -0.2) is 8.42 Å². The van der Waals surface area contributed by atoms with Gasteiger partial charge in [-0.05, 0) is 55.0 Å². The van der Waals surface area contributed by atoms with Gasteiger partial charge >= 0.3 is 0 Å². The third kappa shape index (κ3) is 5.31. The van der Waals surface area contributed by atoms with Crippen LogP contribution in [0.4, 0.5) is 11.4 Å². The van der Waals surface area contributed by atoms with Crippen molar-refractivity contribution in [3.8, 4) is 5.75 Å². The van der Waals surface area contributed by atoms with E-state index in [-0.39, 0.29) is 4.90 Å². The lowest BCUT2D eigenvalue weighted by atomic mass is 10.2. The average molecular weight is 479 g/mol. The Labute approximate surface area is 191 Å². The van der Waals surface area contributed by atoms with E-state index in [1.54, 1.807) is 49.4 Å². The SMILES string of the molecule is COc1ccc(Cl)cc1NC(=O)CN(c1cc(Cl)ccc1C)S(=O)(=O)c1ccccc1. The van der Waals surface area contributed by atoms with Gasteiger partial charge in [-0.15, -0.1) is 0 Å². The number of ether oxygens (including phenoxy) is 1. The molecule has 6 nitrogen and oxygen atoms in total. The molecule has 0 heterocycles. The molecule has 0 unspecified atom stereocenters. The van der Waals surface area contributed by atoms with Crippen molar-refractivity contribution in [1.82, 2.24) is 0 Å². The fraction of sp³-hybridized carbons (Fsp3) is 0.136. The molecule has 3 aromatic rings. The van der Waals surface area contributed by atoms with Crippen molar-refractivity contribution in [2.24, 2.45) is 0 Å². The van der Waals surface area contributed by atoms with Gasteiger partial charge < -0.3 is 10.1 Å². The molecule has 0 bridgehead atoms. The molecule has 9 heteroatoms. The number of anilines is 2. The maximum Gasteiger partial charge on any atom is 0.264 e. The van der Waals surface area contributed by atoms with E-state index in [2.05, 4.69) is 5.32 Å². The zero-order chi connectivity index (χ0) is 22.6. The van der Waals surface area contributed by atoms with Crippen LogP contribution in [0, 0.1) is 6.92 Å². The second-order valence-electron chi connectivity index (χ2n) is 6.65. The van der Waals surface area contributed by atoms with Gasteiger partial charge in [0.2, 0.25) is 5.91 Å². The number of nitrogens with one attached hydrogen (secondary N) is 1. The predicted molar refractivity (Wildman–Crippen MR) is 124 cm³/mol. The van der Waals surface area contributed by atoms with Crippen LogP contribution < -0.4 is 14.4 Å². The summed E-state index contributed by atoms with van der Waals surface area (Å²) in [5.41, 5.74) is 1.29. The van der Waals surface area contributed by atoms with Crippen LogP contribution in [-0.4, -0.2) is 28.0 Å². The molecular formula is C22H20Cl2N2O4S. The highest BCUT2D eigenvalue weighted by Crippen LogP contribution is 2.31. The van der Waals surface area contributed by atoms with Crippen molar-refractivity contribution < 1.29 is 17.9 Å². The minimum Gasteiger partial charge on any atom is -0.495 e. The van der Waals surface area contributed by atoms with Gasteiger partial charge in [-0.2, -0.15) is 0 Å². The number of aryl methyl sites for hydroxylation is 1. The summed E-state index contributed by atoms with van der Waals surface area (Å²) >= 11 is 12.1. The molecule has 0 aromatic heterocycles. The van der Waals surface area contributed by atoms with Crippen LogP contribution in [0.2, 0.25) is 10.0 Å². The highest BCUT2D eigenvalue weighted by Gasteiger charge is 2.28. The summed E-state index contributed by atoms with van der Waals surface area (Å²) in [6.45, 7) is 1.27. The monoisotopic (exact) mass is 478 g/mol. The maximum absolute atomic E-state index is 13.4. The standard InChI is InChI=1S/C22H20Cl2N2O4S/c1-15-8-9-17(24)13-20(15)26(31(28,29)18-6-4-3-5-7-18)14-22(27)25-19-12-16(23)10-11-21(19)30-2/h3-13H,14H2,1-2H3,(H,25,27). The fourth-order valence-corrected chi connectivity index (χ4v) is 4.81. The van der Waals surface area contributed by atoms with Gasteiger partial charge in [-0.1, -0.05) is 47.5 Å². The van der Waals surface area contributed by atoms with Crippen molar-refractivity contribution in [2.75, 3.05) is 23.3 Å². The molecule has 0 saturated heterocycles. The normalized spacial score (nSPS) is 11.1. The molecule has 3 rings (SSSR count). The summed E-state index contributed by atoms with van der Waals surface area (Å²) in [4.78, 5) is 13.0. The number of sulfonamides is 1. The topological polar surface area (TPSA) is 75.7 Å². The third-order valence-corrected chi connectivity index (χ3v) is 6.74. The molecule has 1 N–H and O–H groups in total. The van der Waals surface area contributed by atoms with E-state index in [9.17, 15) is 13.2 Å². The van der Waals surface area contributed by atoms with E-state index < -0.39 is 22.5 Å². The highest BCUT2D eigenvalue weighted by atomic mass is 35.5. The van der Waals surface area contributed by atoms with Crippen LogP contribution in [0.15, 0.2) is 71.6 Å². The molecule has 0 atom stereocenters. The molecular weight excluding hydrogens is 459 g/mol. The van der Waals surface area contributed by atoms with Crippen LogP contribution in [0.1, 0.15) is 5.56 Å². The Bertz CT molecular complexity index is 1200. The highest BCUT2D eigenvalue weighted by molar-refractivity contribution is 7.92. The van der Waals surface area contributed by atoms with Crippen molar-refractivity contribution in [3.05, 3.63) is 82.3 Å². The molecule has 31 heavy (non-hydrogen) atoms. The molecule has 1 amide bonds. The Balaban J connectivity index is 2.01. The Morgan fingerprint density at radius 2 is 1.65 bits per heavy atom. The second kappa shape index (κ2) is 9.60. The van der Waals surface area contributed by atoms with Gasteiger partial charge in [0.25, 0.3) is 10.0 Å². The van der Waals surface area contributed by atoms with E-state index >= 15 is 0 Å². The quantitative estimate of drug-likeness (QED) is 0.509. The number of hydrogen-bond donors (Lipinski definition) is 1. The summed E-state index contributed by atoms with van der Waals surface area (Å²) in [6.07, 6.45) is 0. The first kappa shape index (κ1) is 22.9. The lowest BCUT2D eigenvalue weighted by molar-refractivity contribution is -0.114. The zero-order valence-electron chi connectivity index (χ0n) is 16.8. The maximum atomic E-state index is 13.4. The number of carbonyl (C=O) groups is 1. The van der Waals surface area contributed by atoms with E-state index in [4.69, 9.17) is 27.9 Å². The van der Waals surface area contributed by atoms with Crippen LogP contribution in [0.3, 0.4) is 0 Å². The lowest BCUT2D eigenvalue weighted by Gasteiger charge is -2.26. The number of hydrogen-bond acceptors (Lipinski definition) is 4. The molecule has 0 aliphatic rings. The summed E-state index contributed by atoms with van der Waals surface area (Å²) in [5, 5.41) is 3.42. The molecule has 0 aliphatic heterocycles. The van der Waals surface area contributed by atoms with Crippen molar-refractivity contribution in [2.45, 2.75) is 11.8 Å². The van der Waals surface area contributed by atoms with E-state index in [0.29, 0.717) is 32.7 Å².